The van der Waals surface area contributed by atoms with Gasteiger partial charge in [0.05, 0.1) is 15.7 Å². The monoisotopic (exact) mass is 240 g/mol. The van der Waals surface area contributed by atoms with Crippen LogP contribution in [0.4, 0.5) is 4.39 Å². The van der Waals surface area contributed by atoms with E-state index in [0.29, 0.717) is 15.5 Å². The molecule has 2 nitrogen and oxygen atoms in total. The van der Waals surface area contributed by atoms with Gasteiger partial charge >= 0.3 is 0 Å². The molecule has 1 aromatic carbocycles. The lowest BCUT2D eigenvalue weighted by Gasteiger charge is -2.00. The van der Waals surface area contributed by atoms with Crippen LogP contribution in [0, 0.1) is 12.7 Å². The van der Waals surface area contributed by atoms with E-state index < -0.39 is 0 Å². The van der Waals surface area contributed by atoms with E-state index in [2.05, 4.69) is 25.9 Å². The second kappa shape index (κ2) is 3.03. The zero-order valence-electron chi connectivity index (χ0n) is 6.88. The van der Waals surface area contributed by atoms with Gasteiger partial charge in [-0.05, 0) is 35.0 Å². The van der Waals surface area contributed by atoms with Crippen LogP contribution < -0.4 is 0 Å². The molecule has 0 bridgehead atoms. The van der Waals surface area contributed by atoms with Gasteiger partial charge < -0.3 is 0 Å². The van der Waals surface area contributed by atoms with Crippen molar-refractivity contribution >= 4 is 27.0 Å². The van der Waals surface area contributed by atoms with Crippen LogP contribution in [-0.2, 0) is 0 Å². The fourth-order valence-corrected chi connectivity index (χ4v) is 1.44. The standard InChI is InChI=1S/C9H6BrFN2/c1-5-4-12-9-7(13-5)3-2-6(10)8(9)11/h2-4H,1H3. The van der Waals surface area contributed by atoms with Crippen LogP contribution in [0.3, 0.4) is 0 Å². The molecule has 0 fully saturated rings. The molecule has 0 saturated carbocycles. The van der Waals surface area contributed by atoms with E-state index >= 15 is 0 Å². The average Bonchev–Trinajstić information content (AvgIpc) is 2.12. The van der Waals surface area contributed by atoms with Gasteiger partial charge in [-0.3, -0.25) is 0 Å². The second-order valence-corrected chi connectivity index (χ2v) is 3.59. The predicted octanol–water partition coefficient (Wildman–Crippen LogP) is 2.84. The van der Waals surface area contributed by atoms with Crippen LogP contribution in [0.15, 0.2) is 22.8 Å². The summed E-state index contributed by atoms with van der Waals surface area (Å²) in [6, 6.07) is 3.37. The number of aromatic nitrogens is 2. The highest BCUT2D eigenvalue weighted by Crippen LogP contribution is 2.21. The van der Waals surface area contributed by atoms with Crippen molar-refractivity contribution in [1.29, 1.82) is 0 Å². The number of halogens is 2. The highest BCUT2D eigenvalue weighted by molar-refractivity contribution is 9.10. The van der Waals surface area contributed by atoms with Crippen molar-refractivity contribution in [1.82, 2.24) is 9.97 Å². The fraction of sp³-hybridized carbons (Fsp3) is 0.111. The zero-order chi connectivity index (χ0) is 9.42. The van der Waals surface area contributed by atoms with Crippen molar-refractivity contribution in [3.05, 3.63) is 34.3 Å². The normalized spacial score (nSPS) is 10.7. The van der Waals surface area contributed by atoms with Crippen molar-refractivity contribution in [2.45, 2.75) is 6.92 Å². The van der Waals surface area contributed by atoms with Crippen molar-refractivity contribution in [3.63, 3.8) is 0 Å². The first kappa shape index (κ1) is 8.56. The van der Waals surface area contributed by atoms with E-state index in [4.69, 9.17) is 0 Å². The molecular formula is C9H6BrFN2. The number of hydrogen-bond donors (Lipinski definition) is 0. The average molecular weight is 241 g/mol. The summed E-state index contributed by atoms with van der Waals surface area (Å²) in [7, 11) is 0. The molecule has 66 valence electrons. The summed E-state index contributed by atoms with van der Waals surface area (Å²) in [5, 5.41) is 0. The number of rotatable bonds is 0. The third-order valence-corrected chi connectivity index (χ3v) is 2.34. The van der Waals surface area contributed by atoms with Gasteiger partial charge in [-0.15, -0.1) is 0 Å². The summed E-state index contributed by atoms with van der Waals surface area (Å²) in [4.78, 5) is 8.13. The van der Waals surface area contributed by atoms with E-state index in [-0.39, 0.29) is 5.82 Å². The molecule has 0 aliphatic rings. The summed E-state index contributed by atoms with van der Waals surface area (Å²) in [5.74, 6) is -0.356. The lowest BCUT2D eigenvalue weighted by Crippen LogP contribution is -1.90. The van der Waals surface area contributed by atoms with E-state index in [0.717, 1.165) is 5.69 Å². The lowest BCUT2D eigenvalue weighted by molar-refractivity contribution is 0.630. The van der Waals surface area contributed by atoms with E-state index in [9.17, 15) is 4.39 Å². The Morgan fingerprint density at radius 3 is 2.92 bits per heavy atom. The van der Waals surface area contributed by atoms with Crippen LogP contribution in [0.1, 0.15) is 5.69 Å². The molecule has 0 aliphatic carbocycles. The number of nitrogens with zero attached hydrogens (tertiary/aromatic N) is 2. The molecule has 1 aromatic heterocycles. The number of aryl methyl sites for hydroxylation is 1. The Labute approximate surface area is 83.0 Å². The Morgan fingerprint density at radius 2 is 2.15 bits per heavy atom. The van der Waals surface area contributed by atoms with Gasteiger partial charge in [-0.1, -0.05) is 0 Å². The molecule has 0 unspecified atom stereocenters. The topological polar surface area (TPSA) is 25.8 Å². The molecule has 0 amide bonds. The number of hydrogen-bond acceptors (Lipinski definition) is 2. The SMILES string of the molecule is Cc1cnc2c(F)c(Br)ccc2n1. The van der Waals surface area contributed by atoms with E-state index in [1.165, 1.54) is 0 Å². The van der Waals surface area contributed by atoms with Gasteiger partial charge in [-0.2, -0.15) is 0 Å². The molecule has 2 aromatic rings. The number of benzene rings is 1. The van der Waals surface area contributed by atoms with Crippen LogP contribution >= 0.6 is 15.9 Å². The maximum absolute atomic E-state index is 13.4. The minimum Gasteiger partial charge on any atom is -0.250 e. The third kappa shape index (κ3) is 1.42. The summed E-state index contributed by atoms with van der Waals surface area (Å²) in [6.45, 7) is 1.83. The first-order chi connectivity index (χ1) is 6.18. The van der Waals surface area contributed by atoms with Crippen LogP contribution in [0.2, 0.25) is 0 Å². The summed E-state index contributed by atoms with van der Waals surface area (Å²) < 4.78 is 13.8. The predicted molar refractivity (Wildman–Crippen MR) is 51.9 cm³/mol. The molecule has 0 saturated heterocycles. The Kier molecular flexibility index (Phi) is 2.00. The summed E-state index contributed by atoms with van der Waals surface area (Å²) >= 11 is 3.09. The van der Waals surface area contributed by atoms with Crippen LogP contribution in [0.5, 0.6) is 0 Å². The first-order valence-electron chi connectivity index (χ1n) is 3.76. The van der Waals surface area contributed by atoms with Crippen molar-refractivity contribution < 1.29 is 4.39 Å². The molecule has 0 aliphatic heterocycles. The van der Waals surface area contributed by atoms with Gasteiger partial charge in [0.1, 0.15) is 5.52 Å². The van der Waals surface area contributed by atoms with Crippen molar-refractivity contribution in [2.75, 3.05) is 0 Å². The maximum Gasteiger partial charge on any atom is 0.165 e. The lowest BCUT2D eigenvalue weighted by atomic mass is 10.3. The van der Waals surface area contributed by atoms with Gasteiger partial charge in [0.15, 0.2) is 5.82 Å². The van der Waals surface area contributed by atoms with Gasteiger partial charge in [0.2, 0.25) is 0 Å². The maximum atomic E-state index is 13.4. The molecule has 0 spiro atoms. The molecule has 4 heteroatoms. The number of fused-ring (bicyclic) bond motifs is 1. The first-order valence-corrected chi connectivity index (χ1v) is 4.55. The third-order valence-electron chi connectivity index (χ3n) is 1.73. The van der Waals surface area contributed by atoms with Crippen LogP contribution in [0.25, 0.3) is 11.0 Å². The smallest absolute Gasteiger partial charge is 0.165 e. The fourth-order valence-electron chi connectivity index (χ4n) is 1.12. The molecule has 13 heavy (non-hydrogen) atoms. The van der Waals surface area contributed by atoms with Crippen molar-refractivity contribution in [2.24, 2.45) is 0 Å². The zero-order valence-corrected chi connectivity index (χ0v) is 8.47. The largest absolute Gasteiger partial charge is 0.250 e. The minimum absolute atomic E-state index is 0.306. The van der Waals surface area contributed by atoms with Crippen molar-refractivity contribution in [3.8, 4) is 0 Å². The molecular weight excluding hydrogens is 235 g/mol. The molecule has 1 heterocycles. The van der Waals surface area contributed by atoms with Crippen LogP contribution in [-0.4, -0.2) is 9.97 Å². The Bertz CT molecular complexity index is 470. The Hall–Kier alpha value is -1.03. The molecule has 0 radical (unpaired) electrons. The van der Waals surface area contributed by atoms with Gasteiger partial charge in [-0.25, -0.2) is 14.4 Å². The summed E-state index contributed by atoms with van der Waals surface area (Å²) in [6.07, 6.45) is 1.55. The van der Waals surface area contributed by atoms with Gasteiger partial charge in [0.25, 0.3) is 0 Å². The Balaban J connectivity index is 2.87. The van der Waals surface area contributed by atoms with E-state index in [1.807, 2.05) is 6.92 Å². The highest BCUT2D eigenvalue weighted by atomic mass is 79.9. The minimum atomic E-state index is -0.356. The highest BCUT2D eigenvalue weighted by Gasteiger charge is 2.06. The second-order valence-electron chi connectivity index (χ2n) is 2.74. The molecule has 0 N–H and O–H groups in total. The Morgan fingerprint density at radius 1 is 1.38 bits per heavy atom. The quantitative estimate of drug-likeness (QED) is 0.708. The van der Waals surface area contributed by atoms with E-state index in [1.54, 1.807) is 18.3 Å². The molecule has 0 atom stereocenters. The summed E-state index contributed by atoms with van der Waals surface area (Å²) in [5.41, 5.74) is 1.68. The van der Waals surface area contributed by atoms with Gasteiger partial charge in [0, 0.05) is 6.20 Å². The molecule has 2 rings (SSSR count).